The largest absolute Gasteiger partial charge is 0.387 e. The van der Waals surface area contributed by atoms with Crippen molar-refractivity contribution in [3.8, 4) is 0 Å². The van der Waals surface area contributed by atoms with Gasteiger partial charge in [-0.1, -0.05) is 15.9 Å². The number of carbonyl (C=O) groups is 2. The summed E-state index contributed by atoms with van der Waals surface area (Å²) in [7, 11) is 3.16. The van der Waals surface area contributed by atoms with Crippen LogP contribution in [0, 0.1) is 10.1 Å². The quantitative estimate of drug-likeness (QED) is 0.366. The summed E-state index contributed by atoms with van der Waals surface area (Å²) in [5.74, 6) is -4.09. The van der Waals surface area contributed by atoms with Gasteiger partial charge in [0.1, 0.15) is 5.69 Å². The van der Waals surface area contributed by atoms with Crippen LogP contribution >= 0.6 is 15.9 Å². The summed E-state index contributed by atoms with van der Waals surface area (Å²) in [6, 6.07) is 3.64. The number of likely N-dealkylation sites (tertiary alicyclic amines) is 2. The topological polar surface area (TPSA) is 130 Å². The summed E-state index contributed by atoms with van der Waals surface area (Å²) in [4.78, 5) is 44.5. The van der Waals surface area contributed by atoms with Gasteiger partial charge in [0, 0.05) is 63.1 Å². The number of hydrogen-bond acceptors (Lipinski definition) is 8. The summed E-state index contributed by atoms with van der Waals surface area (Å²) in [6.07, 6.45) is 2.24. The third-order valence-electron chi connectivity index (χ3n) is 6.65. The zero-order chi connectivity index (χ0) is 27.6. The van der Waals surface area contributed by atoms with E-state index in [1.54, 1.807) is 19.3 Å². The van der Waals surface area contributed by atoms with Gasteiger partial charge in [-0.2, -0.15) is 0 Å². The number of nitro benzene ring substituents is 1. The van der Waals surface area contributed by atoms with E-state index in [4.69, 9.17) is 4.74 Å². The average Bonchev–Trinajstić information content (AvgIpc) is 3.30. The van der Waals surface area contributed by atoms with Crippen molar-refractivity contribution in [1.29, 1.82) is 0 Å². The number of aromatic nitrogens is 1. The number of rotatable bonds is 7. The highest BCUT2D eigenvalue weighted by Gasteiger charge is 2.41. The first-order valence-electron chi connectivity index (χ1n) is 11.9. The highest BCUT2D eigenvalue weighted by Crippen LogP contribution is 2.36. The van der Waals surface area contributed by atoms with Crippen molar-refractivity contribution < 1.29 is 28.0 Å². The molecule has 38 heavy (non-hydrogen) atoms. The van der Waals surface area contributed by atoms with Crippen LogP contribution in [-0.2, 0) is 4.74 Å². The number of nitrogens with one attached hydrogen (secondary N) is 2. The molecule has 2 aromatic rings. The van der Waals surface area contributed by atoms with Crippen LogP contribution in [0.3, 0.4) is 0 Å². The number of anilines is 2. The molecule has 2 aliphatic heterocycles. The number of halogens is 3. The molecule has 2 fully saturated rings. The number of methoxy groups -OCH3 is 1. The number of amides is 2. The van der Waals surface area contributed by atoms with E-state index in [0.717, 1.165) is 4.90 Å². The number of ether oxygens (including phenoxy) is 1. The first-order chi connectivity index (χ1) is 18.0. The van der Waals surface area contributed by atoms with Crippen LogP contribution in [0.1, 0.15) is 33.6 Å². The second-order valence-electron chi connectivity index (χ2n) is 9.24. The predicted octanol–water partition coefficient (Wildman–Crippen LogP) is 3.62. The summed E-state index contributed by atoms with van der Waals surface area (Å²) in [6.45, 7) is -0.357. The number of carbonyl (C=O) groups excluding carboxylic acids is 2. The number of nitrogens with zero attached hydrogens (tertiary/aromatic N) is 4. The van der Waals surface area contributed by atoms with Gasteiger partial charge >= 0.3 is 0 Å². The Morgan fingerprint density at radius 1 is 1.21 bits per heavy atom. The van der Waals surface area contributed by atoms with Gasteiger partial charge in [-0.3, -0.25) is 24.7 Å². The summed E-state index contributed by atoms with van der Waals surface area (Å²) < 4.78 is 33.9. The van der Waals surface area contributed by atoms with Crippen molar-refractivity contribution in [1.82, 2.24) is 14.8 Å². The number of nitro groups is 1. The SMILES string of the molecule is CNc1cncc(C(=O)N2C[C@H](Nc3c(C(=O)N4CCCC(F)(F)C4)cc(Br)cc3[N+](=O)[O-])[C@@H](OC)C2)c1. The third kappa shape index (κ3) is 5.85. The van der Waals surface area contributed by atoms with Crippen molar-refractivity contribution >= 4 is 44.8 Å². The van der Waals surface area contributed by atoms with Crippen LogP contribution in [0.15, 0.2) is 35.1 Å². The van der Waals surface area contributed by atoms with Crippen LogP contribution in [-0.4, -0.2) is 89.9 Å². The van der Waals surface area contributed by atoms with Crippen molar-refractivity contribution in [3.63, 3.8) is 0 Å². The first-order valence-corrected chi connectivity index (χ1v) is 12.7. The molecule has 2 aliphatic rings. The molecule has 0 radical (unpaired) electrons. The van der Waals surface area contributed by atoms with Gasteiger partial charge in [-0.05, 0) is 18.6 Å². The van der Waals surface area contributed by atoms with Gasteiger partial charge in [-0.25, -0.2) is 8.78 Å². The molecule has 2 saturated heterocycles. The molecule has 0 spiro atoms. The fourth-order valence-corrected chi connectivity index (χ4v) is 5.19. The lowest BCUT2D eigenvalue weighted by molar-refractivity contribution is -0.384. The highest BCUT2D eigenvalue weighted by molar-refractivity contribution is 9.10. The fraction of sp³-hybridized carbons (Fsp3) is 0.458. The van der Waals surface area contributed by atoms with E-state index in [-0.39, 0.29) is 54.1 Å². The molecular formula is C24H27BrF2N6O5. The lowest BCUT2D eigenvalue weighted by Crippen LogP contribution is -2.46. The van der Waals surface area contributed by atoms with Crippen molar-refractivity contribution in [2.45, 2.75) is 30.9 Å². The Hall–Kier alpha value is -3.39. The minimum absolute atomic E-state index is 0.111. The van der Waals surface area contributed by atoms with Crippen LogP contribution in [0.4, 0.5) is 25.8 Å². The van der Waals surface area contributed by atoms with Gasteiger partial charge in [0.15, 0.2) is 0 Å². The van der Waals surface area contributed by atoms with E-state index in [9.17, 15) is 28.5 Å². The van der Waals surface area contributed by atoms with E-state index in [0.29, 0.717) is 11.3 Å². The standard InChI is InChI=1S/C24H27BrF2N6O5/c1-28-16-6-14(9-29-10-16)22(34)32-11-18(20(12-32)38-2)30-21-17(7-15(25)8-19(21)33(36)37)23(35)31-5-3-4-24(26,27)13-31/h6-10,18,20,28,30H,3-5,11-13H2,1-2H3/t18-,20-/m0/s1. The van der Waals surface area contributed by atoms with Crippen LogP contribution < -0.4 is 10.6 Å². The molecule has 0 saturated carbocycles. The molecule has 14 heteroatoms. The highest BCUT2D eigenvalue weighted by atomic mass is 79.9. The van der Waals surface area contributed by atoms with Crippen molar-refractivity contribution in [2.24, 2.45) is 0 Å². The second-order valence-corrected chi connectivity index (χ2v) is 10.2. The maximum Gasteiger partial charge on any atom is 0.294 e. The number of alkyl halides is 2. The Balaban J connectivity index is 1.64. The van der Waals surface area contributed by atoms with E-state index in [1.807, 2.05) is 0 Å². The fourth-order valence-electron chi connectivity index (χ4n) is 4.75. The normalized spacial score (nSPS) is 20.8. The maximum absolute atomic E-state index is 14.1. The lowest BCUT2D eigenvalue weighted by atomic mass is 10.0. The molecular weight excluding hydrogens is 570 g/mol. The molecule has 4 rings (SSSR count). The Labute approximate surface area is 225 Å². The van der Waals surface area contributed by atoms with Gasteiger partial charge in [-0.15, -0.1) is 0 Å². The van der Waals surface area contributed by atoms with Crippen LogP contribution in [0.5, 0.6) is 0 Å². The minimum Gasteiger partial charge on any atom is -0.387 e. The van der Waals surface area contributed by atoms with Gasteiger partial charge in [0.05, 0.1) is 40.4 Å². The first kappa shape index (κ1) is 27.6. The summed E-state index contributed by atoms with van der Waals surface area (Å²) >= 11 is 3.19. The number of pyridine rings is 1. The molecule has 0 bridgehead atoms. The Morgan fingerprint density at radius 3 is 2.63 bits per heavy atom. The molecule has 0 aliphatic carbocycles. The number of benzene rings is 1. The van der Waals surface area contributed by atoms with Gasteiger partial charge in [0.25, 0.3) is 23.4 Å². The molecule has 1 aromatic carbocycles. The molecule has 0 unspecified atom stereocenters. The molecule has 11 nitrogen and oxygen atoms in total. The average molecular weight is 597 g/mol. The zero-order valence-corrected chi connectivity index (χ0v) is 22.3. The molecule has 2 N–H and O–H groups in total. The summed E-state index contributed by atoms with van der Waals surface area (Å²) in [5.41, 5.74) is 0.373. The molecule has 2 atom stereocenters. The monoisotopic (exact) mass is 596 g/mol. The molecule has 2 amide bonds. The van der Waals surface area contributed by atoms with Crippen molar-refractivity contribution in [3.05, 3.63) is 56.3 Å². The predicted molar refractivity (Wildman–Crippen MR) is 139 cm³/mol. The Kier molecular flexibility index (Phi) is 8.11. The Bertz CT molecular complexity index is 1250. The minimum atomic E-state index is -3.04. The van der Waals surface area contributed by atoms with Crippen molar-refractivity contribution in [2.75, 3.05) is 51.0 Å². The second kappa shape index (κ2) is 11.2. The van der Waals surface area contributed by atoms with E-state index < -0.39 is 41.1 Å². The number of hydrogen-bond donors (Lipinski definition) is 2. The Morgan fingerprint density at radius 2 is 1.97 bits per heavy atom. The van der Waals surface area contributed by atoms with E-state index in [2.05, 4.69) is 31.5 Å². The molecule has 204 valence electrons. The summed E-state index contributed by atoms with van der Waals surface area (Å²) in [5, 5.41) is 17.9. The smallest absolute Gasteiger partial charge is 0.294 e. The van der Waals surface area contributed by atoms with Crippen LogP contribution in [0.2, 0.25) is 0 Å². The van der Waals surface area contributed by atoms with Crippen LogP contribution in [0.25, 0.3) is 0 Å². The zero-order valence-electron chi connectivity index (χ0n) is 20.7. The lowest BCUT2D eigenvalue weighted by Gasteiger charge is -2.33. The van der Waals surface area contributed by atoms with Gasteiger partial charge < -0.3 is 25.2 Å². The van der Waals surface area contributed by atoms with E-state index in [1.165, 1.54) is 30.3 Å². The third-order valence-corrected chi connectivity index (χ3v) is 7.11. The molecule has 1 aromatic heterocycles. The maximum atomic E-state index is 14.1. The van der Waals surface area contributed by atoms with Gasteiger partial charge in [0.2, 0.25) is 0 Å². The molecule has 3 heterocycles. The van der Waals surface area contributed by atoms with E-state index >= 15 is 0 Å². The number of piperidine rings is 1.